The van der Waals surface area contributed by atoms with Crippen molar-refractivity contribution in [3.63, 3.8) is 0 Å². The molecule has 0 heterocycles. The molecule has 0 aromatic heterocycles. The molecule has 1 aromatic rings. The van der Waals surface area contributed by atoms with Gasteiger partial charge in [-0.05, 0) is 36.8 Å². The maximum atomic E-state index is 6.19. The van der Waals surface area contributed by atoms with Gasteiger partial charge in [0.2, 0.25) is 0 Å². The van der Waals surface area contributed by atoms with Gasteiger partial charge in [-0.1, -0.05) is 11.6 Å². The number of nitrogens with two attached hydrogens (primary N) is 1. The van der Waals surface area contributed by atoms with Crippen LogP contribution in [0.3, 0.4) is 0 Å². The summed E-state index contributed by atoms with van der Waals surface area (Å²) in [4.78, 5) is 4.56. The lowest BCUT2D eigenvalue weighted by Gasteiger charge is -2.13. The second-order valence-corrected chi connectivity index (χ2v) is 4.88. The maximum absolute atomic E-state index is 6.19. The average molecular weight is 272 g/mol. The van der Waals surface area contributed by atoms with Gasteiger partial charge in [0, 0.05) is 11.1 Å². The third-order valence-corrected chi connectivity index (χ3v) is 3.35. The molecule has 0 aliphatic heterocycles. The van der Waals surface area contributed by atoms with Crippen molar-refractivity contribution in [1.82, 2.24) is 0 Å². The van der Waals surface area contributed by atoms with Crippen molar-refractivity contribution >= 4 is 11.6 Å². The van der Waals surface area contributed by atoms with Crippen LogP contribution < -0.4 is 15.4 Å². The van der Waals surface area contributed by atoms with Gasteiger partial charge in [0.1, 0.15) is 0 Å². The Labute approximate surface area is 112 Å². The third kappa shape index (κ3) is 3.51. The summed E-state index contributed by atoms with van der Waals surface area (Å²) >= 11 is 6.19. The van der Waals surface area contributed by atoms with Crippen molar-refractivity contribution < 1.29 is 14.3 Å². The molecule has 2 N–H and O–H groups in total. The fourth-order valence-corrected chi connectivity index (χ4v) is 1.95. The summed E-state index contributed by atoms with van der Waals surface area (Å²) in [6.45, 7) is 1.16. The van der Waals surface area contributed by atoms with Crippen LogP contribution in [0.2, 0.25) is 5.02 Å². The normalized spacial score (nSPS) is 14.6. The fraction of sp³-hybridized carbons (Fsp3) is 0.538. The molecule has 1 aliphatic carbocycles. The Morgan fingerprint density at radius 3 is 2.72 bits per heavy atom. The molecule has 5 heteroatoms. The molecule has 1 saturated carbocycles. The molecule has 100 valence electrons. The minimum Gasteiger partial charge on any atom is -0.493 e. The van der Waals surface area contributed by atoms with E-state index in [9.17, 15) is 0 Å². The molecule has 0 radical (unpaired) electrons. The standard InChI is InChI=1S/C13H18ClNO3/c1-16-12-6-10(4-5-18-15)11(14)7-13(12)17-8-9-2-3-9/h6-7,9H,2-5,8,15H2,1H3. The molecule has 0 atom stereocenters. The Hall–Kier alpha value is -0.970. The lowest BCUT2D eigenvalue weighted by molar-refractivity contribution is 0.141. The molecule has 0 bridgehead atoms. The zero-order valence-corrected chi connectivity index (χ0v) is 11.2. The topological polar surface area (TPSA) is 53.7 Å². The summed E-state index contributed by atoms with van der Waals surface area (Å²) in [6.07, 6.45) is 3.15. The van der Waals surface area contributed by atoms with E-state index in [4.69, 9.17) is 27.0 Å². The summed E-state index contributed by atoms with van der Waals surface area (Å²) < 4.78 is 11.0. The van der Waals surface area contributed by atoms with Gasteiger partial charge in [-0.3, -0.25) is 0 Å². The van der Waals surface area contributed by atoms with Crippen LogP contribution >= 0.6 is 11.6 Å². The van der Waals surface area contributed by atoms with Gasteiger partial charge >= 0.3 is 0 Å². The number of hydrogen-bond acceptors (Lipinski definition) is 4. The van der Waals surface area contributed by atoms with Gasteiger partial charge < -0.3 is 14.3 Å². The zero-order valence-electron chi connectivity index (χ0n) is 10.4. The Morgan fingerprint density at radius 1 is 1.33 bits per heavy atom. The Morgan fingerprint density at radius 2 is 2.11 bits per heavy atom. The van der Waals surface area contributed by atoms with Crippen LogP contribution in [-0.2, 0) is 11.3 Å². The number of ether oxygens (including phenoxy) is 2. The first-order chi connectivity index (χ1) is 8.74. The molecule has 2 rings (SSSR count). The Balaban J connectivity index is 2.10. The molecule has 1 fully saturated rings. The molecule has 0 saturated heterocycles. The highest BCUT2D eigenvalue weighted by Crippen LogP contribution is 2.36. The highest BCUT2D eigenvalue weighted by molar-refractivity contribution is 6.31. The lowest BCUT2D eigenvalue weighted by Crippen LogP contribution is -2.05. The number of hydrogen-bond donors (Lipinski definition) is 1. The second kappa shape index (κ2) is 6.27. The third-order valence-electron chi connectivity index (χ3n) is 2.99. The maximum Gasteiger partial charge on any atom is 0.162 e. The molecular formula is C13H18ClNO3. The summed E-state index contributed by atoms with van der Waals surface area (Å²) in [5.41, 5.74) is 0.942. The van der Waals surface area contributed by atoms with Gasteiger partial charge in [-0.2, -0.15) is 0 Å². The summed E-state index contributed by atoms with van der Waals surface area (Å²) in [5.74, 6) is 7.11. The molecular weight excluding hydrogens is 254 g/mol. The summed E-state index contributed by atoms with van der Waals surface area (Å²) in [7, 11) is 1.62. The van der Waals surface area contributed by atoms with E-state index in [0.29, 0.717) is 35.5 Å². The zero-order chi connectivity index (χ0) is 13.0. The van der Waals surface area contributed by atoms with Crippen LogP contribution in [0.15, 0.2) is 12.1 Å². The van der Waals surface area contributed by atoms with Crippen molar-refractivity contribution in [1.29, 1.82) is 0 Å². The van der Waals surface area contributed by atoms with Crippen molar-refractivity contribution in [2.75, 3.05) is 20.3 Å². The molecule has 1 aliphatic rings. The molecule has 18 heavy (non-hydrogen) atoms. The van der Waals surface area contributed by atoms with Gasteiger partial charge in [0.05, 0.1) is 20.3 Å². The molecule has 0 unspecified atom stereocenters. The smallest absolute Gasteiger partial charge is 0.162 e. The first kappa shape index (κ1) is 13.5. The summed E-state index contributed by atoms with van der Waals surface area (Å²) in [6, 6.07) is 3.68. The van der Waals surface area contributed by atoms with E-state index in [1.165, 1.54) is 12.8 Å². The first-order valence-electron chi connectivity index (χ1n) is 6.05. The van der Waals surface area contributed by atoms with Gasteiger partial charge in [-0.25, -0.2) is 5.90 Å². The highest BCUT2D eigenvalue weighted by atomic mass is 35.5. The summed E-state index contributed by atoms with van der Waals surface area (Å²) in [5, 5.41) is 0.652. The van der Waals surface area contributed by atoms with E-state index < -0.39 is 0 Å². The lowest BCUT2D eigenvalue weighted by atomic mass is 10.1. The molecule has 4 nitrogen and oxygen atoms in total. The van der Waals surface area contributed by atoms with E-state index in [-0.39, 0.29) is 0 Å². The van der Waals surface area contributed by atoms with Gasteiger partial charge in [0.15, 0.2) is 11.5 Å². The van der Waals surface area contributed by atoms with E-state index in [1.807, 2.05) is 6.07 Å². The predicted molar refractivity (Wildman–Crippen MR) is 70.1 cm³/mol. The average Bonchev–Trinajstić information content (AvgIpc) is 3.19. The number of benzene rings is 1. The van der Waals surface area contributed by atoms with Gasteiger partial charge in [-0.15, -0.1) is 0 Å². The van der Waals surface area contributed by atoms with Gasteiger partial charge in [0.25, 0.3) is 0 Å². The fourth-order valence-electron chi connectivity index (χ4n) is 1.70. The van der Waals surface area contributed by atoms with E-state index in [2.05, 4.69) is 4.84 Å². The minimum absolute atomic E-state index is 0.422. The molecule has 0 spiro atoms. The van der Waals surface area contributed by atoms with Crippen LogP contribution in [0.1, 0.15) is 18.4 Å². The Kier molecular flexibility index (Phi) is 4.69. The monoisotopic (exact) mass is 271 g/mol. The number of methoxy groups -OCH3 is 1. The van der Waals surface area contributed by atoms with Crippen molar-refractivity contribution in [3.8, 4) is 11.5 Å². The van der Waals surface area contributed by atoms with Crippen LogP contribution in [-0.4, -0.2) is 20.3 Å². The van der Waals surface area contributed by atoms with E-state index in [0.717, 1.165) is 12.2 Å². The van der Waals surface area contributed by atoms with Crippen molar-refractivity contribution in [2.24, 2.45) is 11.8 Å². The SMILES string of the molecule is COc1cc(CCON)c(Cl)cc1OCC1CC1. The molecule has 1 aromatic carbocycles. The van der Waals surface area contributed by atoms with Crippen molar-refractivity contribution in [3.05, 3.63) is 22.7 Å². The minimum atomic E-state index is 0.422. The predicted octanol–water partition coefficient (Wildman–Crippen LogP) is 2.57. The quantitative estimate of drug-likeness (QED) is 0.775. The Bertz CT molecular complexity index is 407. The number of rotatable bonds is 7. The van der Waals surface area contributed by atoms with Crippen LogP contribution in [0.5, 0.6) is 11.5 Å². The second-order valence-electron chi connectivity index (χ2n) is 4.47. The highest BCUT2D eigenvalue weighted by Gasteiger charge is 2.22. The van der Waals surface area contributed by atoms with Crippen LogP contribution in [0, 0.1) is 5.92 Å². The van der Waals surface area contributed by atoms with E-state index >= 15 is 0 Å². The van der Waals surface area contributed by atoms with Crippen molar-refractivity contribution in [2.45, 2.75) is 19.3 Å². The van der Waals surface area contributed by atoms with E-state index in [1.54, 1.807) is 13.2 Å². The van der Waals surface area contributed by atoms with Crippen LogP contribution in [0.25, 0.3) is 0 Å². The first-order valence-corrected chi connectivity index (χ1v) is 6.43. The molecule has 0 amide bonds. The largest absolute Gasteiger partial charge is 0.493 e. The van der Waals surface area contributed by atoms with Crippen LogP contribution in [0.4, 0.5) is 0 Å². The number of halogens is 1.